The van der Waals surface area contributed by atoms with Crippen molar-refractivity contribution >= 4 is 17.6 Å². The number of nitrogens with zero attached hydrogens (tertiary/aromatic N) is 2. The molecule has 0 aliphatic carbocycles. The molecule has 1 saturated heterocycles. The predicted molar refractivity (Wildman–Crippen MR) is 70.6 cm³/mol. The first-order valence-electron chi connectivity index (χ1n) is 6.16. The monoisotopic (exact) mass is 246 g/mol. The Bertz CT molecular complexity index is 454. The third kappa shape index (κ3) is 2.53. The molecule has 1 aliphatic heterocycles. The number of ether oxygens (including phenoxy) is 1. The summed E-state index contributed by atoms with van der Waals surface area (Å²) in [5.41, 5.74) is 0.795. The lowest BCUT2D eigenvalue weighted by molar-refractivity contribution is -0.126. The molecule has 2 rings (SSSR count). The summed E-state index contributed by atoms with van der Waals surface area (Å²) in [5, 5.41) is 0. The molecule has 4 heteroatoms. The van der Waals surface area contributed by atoms with Gasteiger partial charge in [0.2, 0.25) is 5.91 Å². The van der Waals surface area contributed by atoms with Crippen molar-refractivity contribution in [1.29, 1.82) is 0 Å². The molecule has 0 saturated carbocycles. The lowest BCUT2D eigenvalue weighted by Crippen LogP contribution is -2.40. The van der Waals surface area contributed by atoms with E-state index in [0.29, 0.717) is 18.5 Å². The molecular formula is C14H18N2O2. The predicted octanol–water partition coefficient (Wildman–Crippen LogP) is 2.58. The van der Waals surface area contributed by atoms with E-state index in [4.69, 9.17) is 4.74 Å². The summed E-state index contributed by atoms with van der Waals surface area (Å²) in [4.78, 5) is 17.8. The van der Waals surface area contributed by atoms with Crippen molar-refractivity contribution in [2.24, 2.45) is 10.9 Å². The zero-order valence-electron chi connectivity index (χ0n) is 11.0. The first kappa shape index (κ1) is 12.6. The number of benzene rings is 1. The van der Waals surface area contributed by atoms with Gasteiger partial charge in [-0.25, -0.2) is 0 Å². The minimum absolute atomic E-state index is 0.0270. The van der Waals surface area contributed by atoms with E-state index >= 15 is 0 Å². The number of rotatable bonds is 2. The van der Waals surface area contributed by atoms with E-state index in [0.717, 1.165) is 5.69 Å². The maximum Gasteiger partial charge on any atom is 0.299 e. The van der Waals surface area contributed by atoms with Gasteiger partial charge in [0.1, 0.15) is 6.61 Å². The highest BCUT2D eigenvalue weighted by atomic mass is 16.5. The minimum Gasteiger partial charge on any atom is -0.462 e. The third-order valence-corrected chi connectivity index (χ3v) is 3.01. The number of amides is 1. The molecule has 0 radical (unpaired) electrons. The summed E-state index contributed by atoms with van der Waals surface area (Å²) in [6, 6.07) is 10.0. The van der Waals surface area contributed by atoms with Crippen LogP contribution in [0.1, 0.15) is 20.8 Å². The van der Waals surface area contributed by atoms with Crippen LogP contribution < -0.4 is 0 Å². The van der Waals surface area contributed by atoms with Gasteiger partial charge in [-0.2, -0.15) is 4.99 Å². The van der Waals surface area contributed by atoms with Crippen molar-refractivity contribution in [2.75, 3.05) is 6.61 Å². The summed E-state index contributed by atoms with van der Waals surface area (Å²) in [6.45, 7) is 6.22. The molecule has 1 aromatic carbocycles. The summed E-state index contributed by atoms with van der Waals surface area (Å²) in [6.07, 6.45) is 0. The number of para-hydroxylation sites is 1. The highest BCUT2D eigenvalue weighted by Crippen LogP contribution is 2.22. The Hall–Kier alpha value is -1.84. The molecule has 18 heavy (non-hydrogen) atoms. The lowest BCUT2D eigenvalue weighted by Gasteiger charge is -2.22. The van der Waals surface area contributed by atoms with Gasteiger partial charge < -0.3 is 4.74 Å². The first-order valence-corrected chi connectivity index (χ1v) is 6.16. The zero-order chi connectivity index (χ0) is 13.1. The van der Waals surface area contributed by atoms with Gasteiger partial charge in [-0.15, -0.1) is 0 Å². The molecule has 1 aliphatic rings. The van der Waals surface area contributed by atoms with Crippen molar-refractivity contribution in [3.63, 3.8) is 0 Å². The normalized spacial score (nSPS) is 21.4. The number of amidine groups is 1. The highest BCUT2D eigenvalue weighted by molar-refractivity contribution is 5.95. The average molecular weight is 246 g/mol. The van der Waals surface area contributed by atoms with Crippen LogP contribution in [0.3, 0.4) is 0 Å². The van der Waals surface area contributed by atoms with Crippen LogP contribution in [0.4, 0.5) is 5.69 Å². The van der Waals surface area contributed by atoms with Gasteiger partial charge in [-0.05, 0) is 18.1 Å². The number of aliphatic imine (C=N–C) groups is 1. The SMILES string of the molecule is CC(=O)N1C(=Nc2ccccc2)OC[C@H]1C(C)C. The summed E-state index contributed by atoms with van der Waals surface area (Å²) < 4.78 is 5.56. The zero-order valence-corrected chi connectivity index (χ0v) is 11.0. The van der Waals surface area contributed by atoms with Crippen molar-refractivity contribution in [2.45, 2.75) is 26.8 Å². The quantitative estimate of drug-likeness (QED) is 0.804. The summed E-state index contributed by atoms with van der Waals surface area (Å²) in [7, 11) is 0. The Morgan fingerprint density at radius 2 is 2.06 bits per heavy atom. The largest absolute Gasteiger partial charge is 0.462 e. The van der Waals surface area contributed by atoms with Crippen LogP contribution >= 0.6 is 0 Å². The Kier molecular flexibility index (Phi) is 3.65. The van der Waals surface area contributed by atoms with Crippen LogP contribution in [0.25, 0.3) is 0 Å². The second-order valence-corrected chi connectivity index (χ2v) is 4.74. The molecule has 1 atom stereocenters. The van der Waals surface area contributed by atoms with Crippen LogP contribution in [0, 0.1) is 5.92 Å². The Morgan fingerprint density at radius 1 is 1.39 bits per heavy atom. The summed E-state index contributed by atoms with van der Waals surface area (Å²) >= 11 is 0. The molecule has 1 heterocycles. The van der Waals surface area contributed by atoms with Crippen LogP contribution in [0.15, 0.2) is 35.3 Å². The van der Waals surface area contributed by atoms with Gasteiger partial charge in [-0.3, -0.25) is 9.69 Å². The first-order chi connectivity index (χ1) is 8.59. The van der Waals surface area contributed by atoms with Crippen molar-refractivity contribution in [3.05, 3.63) is 30.3 Å². The molecule has 0 unspecified atom stereocenters. The van der Waals surface area contributed by atoms with Crippen molar-refractivity contribution < 1.29 is 9.53 Å². The molecule has 0 aromatic heterocycles. The summed E-state index contributed by atoms with van der Waals surface area (Å²) in [5.74, 6) is 0.318. The fourth-order valence-electron chi connectivity index (χ4n) is 2.00. The molecule has 0 bridgehead atoms. The molecule has 96 valence electrons. The number of hydrogen-bond acceptors (Lipinski definition) is 3. The fourth-order valence-corrected chi connectivity index (χ4v) is 2.00. The van der Waals surface area contributed by atoms with Gasteiger partial charge in [0.05, 0.1) is 11.7 Å². The second-order valence-electron chi connectivity index (χ2n) is 4.74. The van der Waals surface area contributed by atoms with E-state index in [1.54, 1.807) is 11.8 Å². The number of carbonyl (C=O) groups excluding carboxylic acids is 1. The standard InChI is InChI=1S/C14H18N2O2/c1-10(2)13-9-18-14(16(13)11(3)17)15-12-7-5-4-6-8-12/h4-8,10,13H,9H2,1-3H3/t13-/m0/s1. The smallest absolute Gasteiger partial charge is 0.299 e. The maximum atomic E-state index is 11.7. The highest BCUT2D eigenvalue weighted by Gasteiger charge is 2.36. The fraction of sp³-hybridized carbons (Fsp3) is 0.429. The van der Waals surface area contributed by atoms with Crippen LogP contribution in [-0.4, -0.2) is 29.5 Å². The van der Waals surface area contributed by atoms with Crippen LogP contribution in [-0.2, 0) is 9.53 Å². The van der Waals surface area contributed by atoms with E-state index in [1.807, 2.05) is 30.3 Å². The number of carbonyl (C=O) groups is 1. The van der Waals surface area contributed by atoms with E-state index in [9.17, 15) is 4.79 Å². The average Bonchev–Trinajstić information content (AvgIpc) is 2.74. The van der Waals surface area contributed by atoms with Gasteiger partial charge >= 0.3 is 0 Å². The van der Waals surface area contributed by atoms with Gasteiger partial charge in [0.15, 0.2) is 0 Å². The van der Waals surface area contributed by atoms with E-state index in [1.165, 1.54) is 0 Å². The van der Waals surface area contributed by atoms with E-state index in [-0.39, 0.29) is 11.9 Å². The van der Waals surface area contributed by atoms with Gasteiger partial charge in [0.25, 0.3) is 6.02 Å². The Morgan fingerprint density at radius 3 is 2.61 bits per heavy atom. The second kappa shape index (κ2) is 5.21. The van der Waals surface area contributed by atoms with E-state index < -0.39 is 0 Å². The molecule has 4 nitrogen and oxygen atoms in total. The van der Waals surface area contributed by atoms with Crippen molar-refractivity contribution in [1.82, 2.24) is 4.90 Å². The number of hydrogen-bond donors (Lipinski definition) is 0. The third-order valence-electron chi connectivity index (χ3n) is 3.01. The molecule has 1 amide bonds. The topological polar surface area (TPSA) is 41.9 Å². The van der Waals surface area contributed by atoms with E-state index in [2.05, 4.69) is 18.8 Å². The van der Waals surface area contributed by atoms with Crippen LogP contribution in [0.5, 0.6) is 0 Å². The molecular weight excluding hydrogens is 228 g/mol. The Balaban J connectivity index is 2.28. The molecule has 1 fully saturated rings. The maximum absolute atomic E-state index is 11.7. The van der Waals surface area contributed by atoms with Crippen LogP contribution in [0.2, 0.25) is 0 Å². The lowest BCUT2D eigenvalue weighted by atomic mass is 10.0. The van der Waals surface area contributed by atoms with Gasteiger partial charge in [0, 0.05) is 6.92 Å². The molecule has 0 N–H and O–H groups in total. The van der Waals surface area contributed by atoms with Crippen molar-refractivity contribution in [3.8, 4) is 0 Å². The minimum atomic E-state index is -0.0270. The Labute approximate surface area is 107 Å². The van der Waals surface area contributed by atoms with Gasteiger partial charge in [-0.1, -0.05) is 32.0 Å². The molecule has 1 aromatic rings. The molecule has 0 spiro atoms.